The zero-order valence-electron chi connectivity index (χ0n) is 13.0. The second kappa shape index (κ2) is 9.07. The summed E-state index contributed by atoms with van der Waals surface area (Å²) in [7, 11) is 0. The topological polar surface area (TPSA) is 61.3 Å². The summed E-state index contributed by atoms with van der Waals surface area (Å²) < 4.78 is 34.8. The van der Waals surface area contributed by atoms with E-state index in [1.165, 1.54) is 13.0 Å². The first-order valence-electron chi connectivity index (χ1n) is 7.10. The highest BCUT2D eigenvalue weighted by atomic mass is 19.3. The molecule has 0 aliphatic rings. The summed E-state index contributed by atoms with van der Waals surface area (Å²) in [6, 6.07) is 1.39. The van der Waals surface area contributed by atoms with Crippen LogP contribution in [0.2, 0.25) is 0 Å². The molecule has 1 rings (SSSR count). The summed E-state index contributed by atoms with van der Waals surface area (Å²) in [4.78, 5) is 19.9. The predicted molar refractivity (Wildman–Crippen MR) is 77.0 cm³/mol. The van der Waals surface area contributed by atoms with Crippen LogP contribution in [0.1, 0.15) is 49.4 Å². The second-order valence-corrected chi connectivity index (χ2v) is 4.77. The Labute approximate surface area is 128 Å². The van der Waals surface area contributed by atoms with Gasteiger partial charge in [-0.15, -0.1) is 0 Å². The molecule has 0 radical (unpaired) electrons. The number of halogens is 2. The molecular weight excluding hydrogens is 294 g/mol. The summed E-state index contributed by atoms with van der Waals surface area (Å²) in [6.07, 6.45) is 0.0959. The molecule has 1 heterocycles. The molecule has 0 bridgehead atoms. The van der Waals surface area contributed by atoms with Crippen LogP contribution in [-0.2, 0) is 4.74 Å². The Morgan fingerprint density at radius 3 is 2.64 bits per heavy atom. The van der Waals surface area contributed by atoms with E-state index in [1.54, 1.807) is 6.92 Å². The van der Waals surface area contributed by atoms with Gasteiger partial charge in [-0.3, -0.25) is 0 Å². The van der Waals surface area contributed by atoms with Crippen LogP contribution in [0.15, 0.2) is 17.7 Å². The first kappa shape index (κ1) is 18.0. The van der Waals surface area contributed by atoms with Crippen LogP contribution in [-0.4, -0.2) is 29.2 Å². The second-order valence-electron chi connectivity index (χ2n) is 4.77. The van der Waals surface area contributed by atoms with E-state index < -0.39 is 12.0 Å². The largest absolute Gasteiger partial charge is 0.478 e. The van der Waals surface area contributed by atoms with E-state index in [4.69, 9.17) is 9.47 Å². The van der Waals surface area contributed by atoms with E-state index >= 15 is 0 Å². The van der Waals surface area contributed by atoms with Crippen molar-refractivity contribution in [3.05, 3.63) is 29.2 Å². The third kappa shape index (κ3) is 6.15. The van der Waals surface area contributed by atoms with E-state index in [-0.39, 0.29) is 24.3 Å². The highest BCUT2D eigenvalue weighted by molar-refractivity contribution is 5.87. The standard InChI is InChI=1S/C15H20F2N2O3/c1-4-5-7-21-13-9-12(18-11(3)19-13)15(20)22-8-6-10(2)14(16)17/h9H,4-8H2,1-3H3. The van der Waals surface area contributed by atoms with Gasteiger partial charge in [-0.2, -0.15) is 13.8 Å². The van der Waals surface area contributed by atoms with Gasteiger partial charge in [0, 0.05) is 12.5 Å². The Balaban J connectivity index is 2.62. The number of unbranched alkanes of at least 4 members (excludes halogenated alkanes) is 1. The van der Waals surface area contributed by atoms with Crippen LogP contribution in [0.3, 0.4) is 0 Å². The molecule has 5 nitrogen and oxygen atoms in total. The Morgan fingerprint density at radius 2 is 2.00 bits per heavy atom. The van der Waals surface area contributed by atoms with Crippen molar-refractivity contribution < 1.29 is 23.0 Å². The third-order valence-electron chi connectivity index (χ3n) is 2.80. The van der Waals surface area contributed by atoms with Gasteiger partial charge in [-0.1, -0.05) is 13.3 Å². The molecule has 7 heteroatoms. The van der Waals surface area contributed by atoms with Gasteiger partial charge in [0.2, 0.25) is 5.88 Å². The van der Waals surface area contributed by atoms with Gasteiger partial charge in [0.25, 0.3) is 6.08 Å². The van der Waals surface area contributed by atoms with Crippen molar-refractivity contribution in [3.63, 3.8) is 0 Å². The van der Waals surface area contributed by atoms with Gasteiger partial charge < -0.3 is 9.47 Å². The average Bonchev–Trinajstić information content (AvgIpc) is 2.46. The van der Waals surface area contributed by atoms with E-state index in [0.29, 0.717) is 18.3 Å². The van der Waals surface area contributed by atoms with Crippen molar-refractivity contribution in [1.82, 2.24) is 9.97 Å². The number of carbonyl (C=O) groups is 1. The van der Waals surface area contributed by atoms with Crippen LogP contribution >= 0.6 is 0 Å². The molecule has 0 aliphatic carbocycles. The monoisotopic (exact) mass is 314 g/mol. The molecule has 0 aliphatic heterocycles. The molecule has 1 aromatic heterocycles. The molecule has 0 saturated carbocycles. The molecular formula is C15H20F2N2O3. The summed E-state index contributed by atoms with van der Waals surface area (Å²) in [5.41, 5.74) is -0.0448. The minimum absolute atomic E-state index is 0.0159. The van der Waals surface area contributed by atoms with E-state index in [0.717, 1.165) is 12.8 Å². The Hall–Kier alpha value is -2.05. The Kier molecular flexibility index (Phi) is 7.42. The minimum Gasteiger partial charge on any atom is -0.478 e. The Morgan fingerprint density at radius 1 is 1.27 bits per heavy atom. The maximum atomic E-state index is 12.2. The molecule has 22 heavy (non-hydrogen) atoms. The fourth-order valence-electron chi connectivity index (χ4n) is 1.51. The van der Waals surface area contributed by atoms with Crippen LogP contribution < -0.4 is 4.74 Å². The molecule has 0 fully saturated rings. The van der Waals surface area contributed by atoms with Crippen LogP contribution in [0, 0.1) is 6.92 Å². The van der Waals surface area contributed by atoms with Crippen molar-refractivity contribution >= 4 is 5.97 Å². The Bertz CT molecular complexity index is 544. The molecule has 122 valence electrons. The fourth-order valence-corrected chi connectivity index (χ4v) is 1.51. The van der Waals surface area contributed by atoms with E-state index in [2.05, 4.69) is 9.97 Å². The normalized spacial score (nSPS) is 10.2. The van der Waals surface area contributed by atoms with Gasteiger partial charge in [0.1, 0.15) is 5.82 Å². The maximum absolute atomic E-state index is 12.2. The lowest BCUT2D eigenvalue weighted by molar-refractivity contribution is 0.0499. The number of esters is 1. The first-order chi connectivity index (χ1) is 10.4. The summed E-state index contributed by atoms with van der Waals surface area (Å²) in [5.74, 6) is 0.00325. The van der Waals surface area contributed by atoms with Gasteiger partial charge in [-0.25, -0.2) is 9.78 Å². The maximum Gasteiger partial charge on any atom is 0.357 e. The predicted octanol–water partition coefficient (Wildman–Crippen LogP) is 3.68. The average molecular weight is 314 g/mol. The van der Waals surface area contributed by atoms with Crippen molar-refractivity contribution in [2.75, 3.05) is 13.2 Å². The van der Waals surface area contributed by atoms with Crippen molar-refractivity contribution in [3.8, 4) is 5.88 Å². The number of nitrogens with zero attached hydrogens (tertiary/aromatic N) is 2. The van der Waals surface area contributed by atoms with Crippen molar-refractivity contribution in [1.29, 1.82) is 0 Å². The molecule has 0 atom stereocenters. The number of hydrogen-bond donors (Lipinski definition) is 0. The number of hydrogen-bond acceptors (Lipinski definition) is 5. The van der Waals surface area contributed by atoms with Gasteiger partial charge in [-0.05, 0) is 25.8 Å². The molecule has 1 aromatic rings. The number of aromatic nitrogens is 2. The molecule has 0 N–H and O–H groups in total. The number of aryl methyl sites for hydroxylation is 1. The van der Waals surface area contributed by atoms with Crippen molar-refractivity contribution in [2.24, 2.45) is 0 Å². The number of rotatable bonds is 8. The third-order valence-corrected chi connectivity index (χ3v) is 2.80. The lowest BCUT2D eigenvalue weighted by Crippen LogP contribution is -2.11. The van der Waals surface area contributed by atoms with Gasteiger partial charge in [0.15, 0.2) is 5.69 Å². The molecule has 0 aromatic carbocycles. The van der Waals surface area contributed by atoms with Crippen molar-refractivity contribution in [2.45, 2.75) is 40.0 Å². The molecule has 0 saturated heterocycles. The van der Waals surface area contributed by atoms with Crippen LogP contribution in [0.5, 0.6) is 5.88 Å². The van der Waals surface area contributed by atoms with Gasteiger partial charge >= 0.3 is 5.97 Å². The summed E-state index contributed by atoms with van der Waals surface area (Å²) >= 11 is 0. The minimum atomic E-state index is -1.75. The SMILES string of the molecule is CCCCOc1cc(C(=O)OCCC(C)=C(F)F)nc(C)n1. The lowest BCUT2D eigenvalue weighted by Gasteiger charge is -2.08. The summed E-state index contributed by atoms with van der Waals surface area (Å²) in [6.45, 7) is 5.33. The number of ether oxygens (including phenoxy) is 2. The molecule has 0 spiro atoms. The van der Waals surface area contributed by atoms with Gasteiger partial charge in [0.05, 0.1) is 13.2 Å². The molecule has 0 amide bonds. The first-order valence-corrected chi connectivity index (χ1v) is 7.10. The van der Waals surface area contributed by atoms with E-state index in [1.807, 2.05) is 6.92 Å². The number of carbonyl (C=O) groups excluding carboxylic acids is 1. The highest BCUT2D eigenvalue weighted by Crippen LogP contribution is 2.13. The highest BCUT2D eigenvalue weighted by Gasteiger charge is 2.13. The van der Waals surface area contributed by atoms with E-state index in [9.17, 15) is 13.6 Å². The quantitative estimate of drug-likeness (QED) is 0.541. The zero-order chi connectivity index (χ0) is 16.5. The molecule has 0 unspecified atom stereocenters. The smallest absolute Gasteiger partial charge is 0.357 e. The van der Waals surface area contributed by atoms with Crippen LogP contribution in [0.25, 0.3) is 0 Å². The lowest BCUT2D eigenvalue weighted by atomic mass is 10.2. The van der Waals surface area contributed by atoms with Crippen LogP contribution in [0.4, 0.5) is 8.78 Å². The fraction of sp³-hybridized carbons (Fsp3) is 0.533. The summed E-state index contributed by atoms with van der Waals surface area (Å²) in [5, 5.41) is 0. The zero-order valence-corrected chi connectivity index (χ0v) is 13.0.